The molecule has 0 aliphatic carbocycles. The molecule has 0 heterocycles. The largest absolute Gasteiger partial charge is 0.490 e. The lowest BCUT2D eigenvalue weighted by Gasteiger charge is -2.10. The Hall–Kier alpha value is -1.51. The van der Waals surface area contributed by atoms with Crippen molar-refractivity contribution in [1.82, 2.24) is 0 Å². The zero-order valence-electron chi connectivity index (χ0n) is 9.86. The summed E-state index contributed by atoms with van der Waals surface area (Å²) in [6, 6.07) is 7.25. The Morgan fingerprint density at radius 2 is 1.88 bits per heavy atom. The van der Waals surface area contributed by atoms with Crippen LogP contribution in [0.5, 0.6) is 11.5 Å². The van der Waals surface area contributed by atoms with Crippen molar-refractivity contribution in [1.29, 1.82) is 0 Å². The lowest BCUT2D eigenvalue weighted by Crippen LogP contribution is -2.07. The summed E-state index contributed by atoms with van der Waals surface area (Å²) in [4.78, 5) is 11.2. The van der Waals surface area contributed by atoms with Gasteiger partial charge in [0.2, 0.25) is 0 Å². The van der Waals surface area contributed by atoms with Crippen molar-refractivity contribution < 1.29 is 14.3 Å². The molecule has 1 aromatic rings. The van der Waals surface area contributed by atoms with Gasteiger partial charge in [-0.1, -0.05) is 32.4 Å². The predicted molar refractivity (Wildman–Crippen MR) is 62.8 cm³/mol. The maximum atomic E-state index is 11.2. The Morgan fingerprint density at radius 1 is 1.19 bits per heavy atom. The minimum absolute atomic E-state index is 0.244. The second-order valence-electron chi connectivity index (χ2n) is 3.48. The van der Waals surface area contributed by atoms with Gasteiger partial charge in [-0.3, -0.25) is 4.79 Å². The van der Waals surface area contributed by atoms with Crippen LogP contribution in [0.15, 0.2) is 24.3 Å². The highest BCUT2D eigenvalue weighted by Crippen LogP contribution is 2.26. The molecule has 3 nitrogen and oxygen atoms in total. The third kappa shape index (κ3) is 3.93. The van der Waals surface area contributed by atoms with E-state index in [1.807, 2.05) is 18.2 Å². The van der Waals surface area contributed by atoms with Crippen LogP contribution in [0.1, 0.15) is 33.1 Å². The minimum Gasteiger partial charge on any atom is -0.490 e. The summed E-state index contributed by atoms with van der Waals surface area (Å²) in [6.45, 7) is 4.52. The molecule has 0 amide bonds. The number of unbranched alkanes of at least 4 members (excludes halogenated alkanes) is 1. The Balaban J connectivity index is 2.63. The molecule has 0 aromatic heterocycles. The highest BCUT2D eigenvalue weighted by Gasteiger charge is 2.07. The first-order valence-electron chi connectivity index (χ1n) is 5.70. The minimum atomic E-state index is -0.244. The Kier molecular flexibility index (Phi) is 5.40. The molecule has 0 saturated carbocycles. The number of ether oxygens (including phenoxy) is 2. The summed E-state index contributed by atoms with van der Waals surface area (Å²) in [7, 11) is 0. The fourth-order valence-corrected chi connectivity index (χ4v) is 1.18. The van der Waals surface area contributed by atoms with Gasteiger partial charge in [-0.05, 0) is 18.6 Å². The molecule has 1 aromatic carbocycles. The van der Waals surface area contributed by atoms with Crippen LogP contribution in [0.2, 0.25) is 0 Å². The smallest absolute Gasteiger partial charge is 0.311 e. The van der Waals surface area contributed by atoms with E-state index in [0.717, 1.165) is 12.8 Å². The van der Waals surface area contributed by atoms with Crippen LogP contribution in [-0.2, 0) is 4.79 Å². The maximum absolute atomic E-state index is 11.2. The summed E-state index contributed by atoms with van der Waals surface area (Å²) in [5, 5.41) is 0. The normalized spacial score (nSPS) is 9.88. The topological polar surface area (TPSA) is 35.5 Å². The van der Waals surface area contributed by atoms with Crippen molar-refractivity contribution in [2.75, 3.05) is 6.61 Å². The van der Waals surface area contributed by atoms with Gasteiger partial charge >= 0.3 is 5.97 Å². The molecule has 0 fully saturated rings. The molecule has 0 bridgehead atoms. The predicted octanol–water partition coefficient (Wildman–Crippen LogP) is 3.18. The van der Waals surface area contributed by atoms with Crippen LogP contribution >= 0.6 is 0 Å². The van der Waals surface area contributed by atoms with Gasteiger partial charge in [-0.15, -0.1) is 0 Å². The first-order valence-corrected chi connectivity index (χ1v) is 5.70. The van der Waals surface area contributed by atoms with Gasteiger partial charge in [0.15, 0.2) is 11.5 Å². The number of carbonyl (C=O) groups excluding carboxylic acids is 1. The Morgan fingerprint density at radius 3 is 2.50 bits per heavy atom. The first-order chi connectivity index (χ1) is 7.77. The van der Waals surface area contributed by atoms with Crippen molar-refractivity contribution >= 4 is 5.97 Å². The average Bonchev–Trinajstić information content (AvgIpc) is 2.31. The second kappa shape index (κ2) is 6.88. The lowest BCUT2D eigenvalue weighted by molar-refractivity contribution is -0.134. The summed E-state index contributed by atoms with van der Waals surface area (Å²) in [5.41, 5.74) is 0. The third-order valence-corrected chi connectivity index (χ3v) is 2.12. The number of esters is 1. The van der Waals surface area contributed by atoms with E-state index in [-0.39, 0.29) is 5.97 Å². The molecule has 0 radical (unpaired) electrons. The van der Waals surface area contributed by atoms with Gasteiger partial charge < -0.3 is 9.47 Å². The van der Waals surface area contributed by atoms with Crippen molar-refractivity contribution in [3.8, 4) is 11.5 Å². The van der Waals surface area contributed by atoms with E-state index in [4.69, 9.17) is 9.47 Å². The zero-order valence-corrected chi connectivity index (χ0v) is 9.86. The van der Waals surface area contributed by atoms with E-state index in [2.05, 4.69) is 6.92 Å². The molecule has 0 saturated heterocycles. The van der Waals surface area contributed by atoms with Crippen LogP contribution < -0.4 is 9.47 Å². The number of rotatable bonds is 6. The van der Waals surface area contributed by atoms with Crippen LogP contribution in [0, 0.1) is 0 Å². The zero-order chi connectivity index (χ0) is 11.8. The molecular formula is C13H18O3. The van der Waals surface area contributed by atoms with Gasteiger partial charge in [-0.25, -0.2) is 0 Å². The Bertz CT molecular complexity index is 334. The van der Waals surface area contributed by atoms with E-state index in [9.17, 15) is 4.79 Å². The second-order valence-corrected chi connectivity index (χ2v) is 3.48. The van der Waals surface area contributed by atoms with Crippen molar-refractivity contribution in [3.63, 3.8) is 0 Å². The van der Waals surface area contributed by atoms with Crippen LogP contribution in [-0.4, -0.2) is 12.6 Å². The van der Waals surface area contributed by atoms with E-state index in [1.54, 1.807) is 13.0 Å². The van der Waals surface area contributed by atoms with E-state index < -0.39 is 0 Å². The van der Waals surface area contributed by atoms with Crippen molar-refractivity contribution in [2.24, 2.45) is 0 Å². The number of para-hydroxylation sites is 2. The fourth-order valence-electron chi connectivity index (χ4n) is 1.18. The van der Waals surface area contributed by atoms with Crippen molar-refractivity contribution in [3.05, 3.63) is 24.3 Å². The van der Waals surface area contributed by atoms with E-state index in [0.29, 0.717) is 24.5 Å². The third-order valence-electron chi connectivity index (χ3n) is 2.12. The monoisotopic (exact) mass is 222 g/mol. The lowest BCUT2D eigenvalue weighted by atomic mass is 10.3. The summed E-state index contributed by atoms with van der Waals surface area (Å²) in [6.07, 6.45) is 2.44. The standard InChI is InChI=1S/C13H18O3/c1-3-5-10-15-11-8-6-7-9-12(11)16-13(14)4-2/h6-9H,3-5,10H2,1-2H3. The molecule has 88 valence electrons. The molecule has 0 unspecified atom stereocenters. The first kappa shape index (κ1) is 12.6. The molecule has 1 rings (SSSR count). The van der Waals surface area contributed by atoms with Crippen LogP contribution in [0.25, 0.3) is 0 Å². The molecule has 0 atom stereocenters. The average molecular weight is 222 g/mol. The molecule has 0 N–H and O–H groups in total. The summed E-state index contributed by atoms with van der Waals surface area (Å²) < 4.78 is 10.7. The number of hydrogen-bond acceptors (Lipinski definition) is 3. The molecule has 16 heavy (non-hydrogen) atoms. The summed E-state index contributed by atoms with van der Waals surface area (Å²) in [5.74, 6) is 0.898. The van der Waals surface area contributed by atoms with Gasteiger partial charge in [0.1, 0.15) is 0 Å². The molecule has 0 aliphatic rings. The highest BCUT2D eigenvalue weighted by atomic mass is 16.6. The van der Waals surface area contributed by atoms with Crippen molar-refractivity contribution in [2.45, 2.75) is 33.1 Å². The molecule has 0 aliphatic heterocycles. The van der Waals surface area contributed by atoms with E-state index in [1.165, 1.54) is 0 Å². The maximum Gasteiger partial charge on any atom is 0.311 e. The van der Waals surface area contributed by atoms with Crippen LogP contribution in [0.4, 0.5) is 0 Å². The van der Waals surface area contributed by atoms with Gasteiger partial charge in [-0.2, -0.15) is 0 Å². The quantitative estimate of drug-likeness (QED) is 0.421. The molecule has 3 heteroatoms. The molecular weight excluding hydrogens is 204 g/mol. The fraction of sp³-hybridized carbons (Fsp3) is 0.462. The van der Waals surface area contributed by atoms with Gasteiger partial charge in [0.25, 0.3) is 0 Å². The van der Waals surface area contributed by atoms with Crippen LogP contribution in [0.3, 0.4) is 0 Å². The van der Waals surface area contributed by atoms with E-state index >= 15 is 0 Å². The SMILES string of the molecule is CCCCOc1ccccc1OC(=O)CC. The number of hydrogen-bond donors (Lipinski definition) is 0. The number of carbonyl (C=O) groups is 1. The highest BCUT2D eigenvalue weighted by molar-refractivity contribution is 5.72. The summed E-state index contributed by atoms with van der Waals surface area (Å²) >= 11 is 0. The molecule has 0 spiro atoms. The number of benzene rings is 1. The Labute approximate surface area is 96.4 Å². The van der Waals surface area contributed by atoms with Gasteiger partial charge in [0, 0.05) is 6.42 Å². The van der Waals surface area contributed by atoms with Gasteiger partial charge in [0.05, 0.1) is 6.61 Å².